The van der Waals surface area contributed by atoms with E-state index in [1.54, 1.807) is 18.2 Å². The van der Waals surface area contributed by atoms with Crippen LogP contribution in [0.25, 0.3) is 6.08 Å². The zero-order valence-corrected chi connectivity index (χ0v) is 12.5. The Bertz CT molecular complexity index is 725. The predicted octanol–water partition coefficient (Wildman–Crippen LogP) is 3.23. The van der Waals surface area contributed by atoms with Gasteiger partial charge in [-0.25, -0.2) is 4.79 Å². The lowest BCUT2D eigenvalue weighted by Crippen LogP contribution is -2.13. The molecule has 0 saturated heterocycles. The van der Waals surface area contributed by atoms with Crippen LogP contribution in [0.15, 0.2) is 60.2 Å². The number of hydrogen-bond acceptors (Lipinski definition) is 5. The molecule has 6 heteroatoms. The van der Waals surface area contributed by atoms with Gasteiger partial charge in [0.25, 0.3) is 0 Å². The molecule has 0 aliphatic heterocycles. The van der Waals surface area contributed by atoms with Crippen LogP contribution in [-0.4, -0.2) is 24.6 Å². The van der Waals surface area contributed by atoms with Gasteiger partial charge in [0.2, 0.25) is 0 Å². The van der Waals surface area contributed by atoms with E-state index in [1.165, 1.54) is 19.2 Å². The second-order valence-electron chi connectivity index (χ2n) is 4.59. The van der Waals surface area contributed by atoms with Crippen molar-refractivity contribution in [2.24, 2.45) is 0 Å². The fraction of sp³-hybridized carbons (Fsp3) is 0.118. The van der Waals surface area contributed by atoms with Crippen LogP contribution in [0.3, 0.4) is 0 Å². The van der Waals surface area contributed by atoms with Crippen LogP contribution >= 0.6 is 0 Å². The van der Waals surface area contributed by atoms with E-state index in [1.807, 2.05) is 30.3 Å². The first-order valence-corrected chi connectivity index (χ1v) is 6.82. The van der Waals surface area contributed by atoms with Crippen molar-refractivity contribution in [3.63, 3.8) is 0 Å². The third-order valence-electron chi connectivity index (χ3n) is 3.03. The maximum absolute atomic E-state index is 11.9. The molecule has 23 heavy (non-hydrogen) atoms. The molecule has 0 N–H and O–H groups in total. The highest BCUT2D eigenvalue weighted by atomic mass is 16.6. The van der Waals surface area contributed by atoms with Gasteiger partial charge >= 0.3 is 11.7 Å². The molecule has 6 nitrogen and oxygen atoms in total. The zero-order chi connectivity index (χ0) is 16.7. The molecule has 0 aliphatic carbocycles. The van der Waals surface area contributed by atoms with Gasteiger partial charge in [0.1, 0.15) is 6.61 Å². The van der Waals surface area contributed by atoms with Crippen LogP contribution in [0.1, 0.15) is 5.56 Å². The molecule has 0 aliphatic rings. The molecule has 0 fully saturated rings. The number of nitro benzene ring substituents is 1. The Labute approximate surface area is 133 Å². The normalized spacial score (nSPS) is 10.9. The van der Waals surface area contributed by atoms with E-state index in [-0.39, 0.29) is 23.6 Å². The minimum atomic E-state index is -0.549. The first-order valence-electron chi connectivity index (χ1n) is 6.82. The lowest BCUT2D eigenvalue weighted by atomic mass is 10.1. The highest BCUT2D eigenvalue weighted by Crippen LogP contribution is 2.26. The largest absolute Gasteiger partial charge is 0.482 e. The first-order chi connectivity index (χ1) is 11.1. The highest BCUT2D eigenvalue weighted by molar-refractivity contribution is 5.94. The molecule has 0 aromatic heterocycles. The van der Waals surface area contributed by atoms with Gasteiger partial charge in [-0.15, -0.1) is 0 Å². The number of methoxy groups -OCH3 is 1. The van der Waals surface area contributed by atoms with Gasteiger partial charge < -0.3 is 9.47 Å². The Balaban J connectivity index is 2.22. The number of para-hydroxylation sites is 2. The maximum atomic E-state index is 11.9. The minimum absolute atomic E-state index is 0.0976. The van der Waals surface area contributed by atoms with Gasteiger partial charge in [-0.1, -0.05) is 42.5 Å². The molecule has 0 spiro atoms. The number of hydrogen-bond donors (Lipinski definition) is 0. The molecule has 0 radical (unpaired) electrons. The number of nitrogens with zero attached hydrogens (tertiary/aromatic N) is 1. The number of carbonyl (C=O) groups excluding carboxylic acids is 1. The standard InChI is InChI=1S/C17H15NO5/c1-22-17(19)14(11-13-7-3-2-4-8-13)12-23-16-10-6-5-9-15(16)18(20)21/h2-11H,12H2,1H3/b14-11+. The summed E-state index contributed by atoms with van der Waals surface area (Å²) in [7, 11) is 1.27. The summed E-state index contributed by atoms with van der Waals surface area (Å²) >= 11 is 0. The monoisotopic (exact) mass is 313 g/mol. The van der Waals surface area contributed by atoms with Gasteiger partial charge in [-0.05, 0) is 17.7 Å². The summed E-state index contributed by atoms with van der Waals surface area (Å²) in [6.07, 6.45) is 1.63. The molecule has 0 saturated carbocycles. The summed E-state index contributed by atoms with van der Waals surface area (Å²) in [4.78, 5) is 22.3. The molecule has 2 aromatic carbocycles. The number of rotatable bonds is 6. The molecule has 0 atom stereocenters. The molecule has 0 bridgehead atoms. The smallest absolute Gasteiger partial charge is 0.337 e. The molecule has 2 aromatic rings. The molecule has 0 unspecified atom stereocenters. The van der Waals surface area contributed by atoms with E-state index >= 15 is 0 Å². The molecule has 0 heterocycles. The zero-order valence-electron chi connectivity index (χ0n) is 12.5. The molecule has 118 valence electrons. The van der Waals surface area contributed by atoms with Crippen molar-refractivity contribution >= 4 is 17.7 Å². The topological polar surface area (TPSA) is 78.7 Å². The van der Waals surface area contributed by atoms with Crippen molar-refractivity contribution in [1.82, 2.24) is 0 Å². The average molecular weight is 313 g/mol. The van der Waals surface area contributed by atoms with Crippen LogP contribution in [0, 0.1) is 10.1 Å². The van der Waals surface area contributed by atoms with Crippen LogP contribution in [0.4, 0.5) is 5.69 Å². The predicted molar refractivity (Wildman–Crippen MR) is 85.0 cm³/mol. The fourth-order valence-electron chi connectivity index (χ4n) is 1.93. The molecular formula is C17H15NO5. The number of ether oxygens (including phenoxy) is 2. The van der Waals surface area contributed by atoms with Crippen molar-refractivity contribution in [3.05, 3.63) is 75.8 Å². The van der Waals surface area contributed by atoms with Gasteiger partial charge in [-0.3, -0.25) is 10.1 Å². The van der Waals surface area contributed by atoms with Gasteiger partial charge in [-0.2, -0.15) is 0 Å². The van der Waals surface area contributed by atoms with E-state index in [0.29, 0.717) is 0 Å². The van der Waals surface area contributed by atoms with Crippen molar-refractivity contribution in [3.8, 4) is 5.75 Å². The third-order valence-corrected chi connectivity index (χ3v) is 3.03. The van der Waals surface area contributed by atoms with E-state index in [0.717, 1.165) is 5.56 Å². The van der Waals surface area contributed by atoms with Crippen LogP contribution < -0.4 is 4.74 Å². The minimum Gasteiger partial charge on any atom is -0.482 e. The Morgan fingerprint density at radius 2 is 1.78 bits per heavy atom. The highest BCUT2D eigenvalue weighted by Gasteiger charge is 2.16. The van der Waals surface area contributed by atoms with Crippen molar-refractivity contribution < 1.29 is 19.2 Å². The summed E-state index contributed by atoms with van der Waals surface area (Å²) in [5.74, 6) is -0.451. The quantitative estimate of drug-likeness (QED) is 0.354. The first kappa shape index (κ1) is 16.2. The Morgan fingerprint density at radius 3 is 2.43 bits per heavy atom. The van der Waals surface area contributed by atoms with Gasteiger partial charge in [0, 0.05) is 6.07 Å². The SMILES string of the molecule is COC(=O)/C(=C/c1ccccc1)COc1ccccc1[N+](=O)[O-]. The van der Waals surface area contributed by atoms with E-state index < -0.39 is 10.9 Å². The van der Waals surface area contributed by atoms with Crippen molar-refractivity contribution in [2.45, 2.75) is 0 Å². The molecule has 2 rings (SSSR count). The van der Waals surface area contributed by atoms with Crippen LogP contribution in [0.5, 0.6) is 5.75 Å². The second kappa shape index (κ2) is 7.74. The van der Waals surface area contributed by atoms with Crippen LogP contribution in [-0.2, 0) is 9.53 Å². The summed E-state index contributed by atoms with van der Waals surface area (Å²) in [6.45, 7) is -0.133. The number of esters is 1. The summed E-state index contributed by atoms with van der Waals surface area (Å²) in [5, 5.41) is 11.0. The lowest BCUT2D eigenvalue weighted by molar-refractivity contribution is -0.385. The van der Waals surface area contributed by atoms with Gasteiger partial charge in [0.15, 0.2) is 5.75 Å². The summed E-state index contributed by atoms with van der Waals surface area (Å²) < 4.78 is 10.2. The Kier molecular flexibility index (Phi) is 5.46. The molecule has 0 amide bonds. The van der Waals surface area contributed by atoms with Crippen LogP contribution in [0.2, 0.25) is 0 Å². The third kappa shape index (κ3) is 4.41. The van der Waals surface area contributed by atoms with Crippen molar-refractivity contribution in [2.75, 3.05) is 13.7 Å². The van der Waals surface area contributed by atoms with E-state index in [2.05, 4.69) is 0 Å². The van der Waals surface area contributed by atoms with E-state index in [4.69, 9.17) is 9.47 Å². The molecular weight excluding hydrogens is 298 g/mol. The number of benzene rings is 2. The number of carbonyl (C=O) groups is 1. The number of nitro groups is 1. The Morgan fingerprint density at radius 1 is 1.13 bits per heavy atom. The summed E-state index contributed by atoms with van der Waals surface area (Å²) in [5.41, 5.74) is 0.910. The van der Waals surface area contributed by atoms with Crippen molar-refractivity contribution in [1.29, 1.82) is 0 Å². The average Bonchev–Trinajstić information content (AvgIpc) is 2.59. The summed E-state index contributed by atoms with van der Waals surface area (Å²) in [6, 6.07) is 15.2. The Hall–Kier alpha value is -3.15. The van der Waals surface area contributed by atoms with E-state index in [9.17, 15) is 14.9 Å². The fourth-order valence-corrected chi connectivity index (χ4v) is 1.93. The maximum Gasteiger partial charge on any atom is 0.337 e. The van der Waals surface area contributed by atoms with Gasteiger partial charge in [0.05, 0.1) is 17.6 Å². The lowest BCUT2D eigenvalue weighted by Gasteiger charge is -2.09. The second-order valence-corrected chi connectivity index (χ2v) is 4.59.